The minimum atomic E-state index is -0.679. The number of benzene rings is 2. The quantitative estimate of drug-likeness (QED) is 0.638. The number of carbonyl (C=O) groups is 1. The second kappa shape index (κ2) is 8.16. The highest BCUT2D eigenvalue weighted by molar-refractivity contribution is 7.22. The Kier molecular flexibility index (Phi) is 5.45. The first-order valence-electron chi connectivity index (χ1n) is 9.32. The van der Waals surface area contributed by atoms with E-state index in [2.05, 4.69) is 9.88 Å². The third-order valence-corrected chi connectivity index (χ3v) is 5.61. The second-order valence-corrected chi connectivity index (χ2v) is 7.98. The summed E-state index contributed by atoms with van der Waals surface area (Å²) in [6, 6.07) is 15.4. The standard InChI is InChI=1S/C21H23N3O3S/c1-23(2)12-7-13-24(21-22-15-8-3-6-11-19(15)28-21)20(25)18-14-26-16-9-4-5-10-17(16)27-18/h3-6,8-11,18H,7,12-14H2,1-2H3/t18-/m1/s1. The van der Waals surface area contributed by atoms with Crippen LogP contribution >= 0.6 is 11.3 Å². The first kappa shape index (κ1) is 18.7. The molecule has 1 aliphatic rings. The summed E-state index contributed by atoms with van der Waals surface area (Å²) in [5.41, 5.74) is 0.902. The first-order valence-corrected chi connectivity index (χ1v) is 10.1. The molecule has 3 aromatic rings. The van der Waals surface area contributed by atoms with E-state index < -0.39 is 6.10 Å². The lowest BCUT2D eigenvalue weighted by Crippen LogP contribution is -2.47. The first-order chi connectivity index (χ1) is 13.6. The predicted molar refractivity (Wildman–Crippen MR) is 111 cm³/mol. The molecular formula is C21H23N3O3S. The van der Waals surface area contributed by atoms with E-state index in [9.17, 15) is 4.79 Å². The Hall–Kier alpha value is -2.64. The van der Waals surface area contributed by atoms with Gasteiger partial charge in [-0.2, -0.15) is 0 Å². The number of hydrogen-bond donors (Lipinski definition) is 0. The molecule has 0 aliphatic carbocycles. The second-order valence-electron chi connectivity index (χ2n) is 6.98. The lowest BCUT2D eigenvalue weighted by molar-refractivity contribution is -0.127. The number of aromatic nitrogens is 1. The summed E-state index contributed by atoms with van der Waals surface area (Å²) < 4.78 is 12.8. The molecule has 0 bridgehead atoms. The van der Waals surface area contributed by atoms with Crippen molar-refractivity contribution < 1.29 is 14.3 Å². The lowest BCUT2D eigenvalue weighted by atomic mass is 10.2. The number of ether oxygens (including phenoxy) is 2. The Morgan fingerprint density at radius 3 is 2.64 bits per heavy atom. The van der Waals surface area contributed by atoms with Crippen molar-refractivity contribution in [3.8, 4) is 11.5 Å². The number of rotatable bonds is 6. The van der Waals surface area contributed by atoms with Crippen LogP contribution in [0.15, 0.2) is 48.5 Å². The van der Waals surface area contributed by atoms with E-state index >= 15 is 0 Å². The molecule has 1 atom stereocenters. The third kappa shape index (κ3) is 3.95. The van der Waals surface area contributed by atoms with Crippen LogP contribution < -0.4 is 14.4 Å². The van der Waals surface area contributed by atoms with Gasteiger partial charge in [-0.1, -0.05) is 35.6 Å². The predicted octanol–water partition coefficient (Wildman–Crippen LogP) is 3.42. The molecule has 1 aromatic heterocycles. The number of carbonyl (C=O) groups excluding carboxylic acids is 1. The van der Waals surface area contributed by atoms with Gasteiger partial charge in [-0.15, -0.1) is 0 Å². The van der Waals surface area contributed by atoms with Gasteiger partial charge in [-0.05, 0) is 51.3 Å². The fraction of sp³-hybridized carbons (Fsp3) is 0.333. The largest absolute Gasteiger partial charge is 0.485 e. The SMILES string of the molecule is CN(C)CCCN(C(=O)[C@H]1COc2ccccc2O1)c1nc2ccccc2s1. The molecule has 0 unspecified atom stereocenters. The summed E-state index contributed by atoms with van der Waals surface area (Å²) in [6.07, 6.45) is 0.167. The van der Waals surface area contributed by atoms with Gasteiger partial charge < -0.3 is 14.4 Å². The van der Waals surface area contributed by atoms with Crippen molar-refractivity contribution in [2.75, 3.05) is 38.7 Å². The minimum Gasteiger partial charge on any atom is -0.485 e. The van der Waals surface area contributed by atoms with Crippen LogP contribution in [0.2, 0.25) is 0 Å². The molecule has 4 rings (SSSR count). The monoisotopic (exact) mass is 397 g/mol. The fourth-order valence-corrected chi connectivity index (χ4v) is 4.13. The van der Waals surface area contributed by atoms with Crippen LogP contribution in [0.25, 0.3) is 10.2 Å². The molecule has 0 radical (unpaired) electrons. The van der Waals surface area contributed by atoms with Crippen LogP contribution in [0.4, 0.5) is 5.13 Å². The van der Waals surface area contributed by atoms with Gasteiger partial charge in [-0.3, -0.25) is 9.69 Å². The molecule has 2 heterocycles. The number of hydrogen-bond acceptors (Lipinski definition) is 6. The minimum absolute atomic E-state index is 0.118. The smallest absolute Gasteiger partial charge is 0.273 e. The van der Waals surface area contributed by atoms with Crippen LogP contribution in [-0.2, 0) is 4.79 Å². The maximum Gasteiger partial charge on any atom is 0.273 e. The summed E-state index contributed by atoms with van der Waals surface area (Å²) in [5, 5.41) is 0.701. The number of nitrogens with zero attached hydrogens (tertiary/aromatic N) is 3. The Morgan fingerprint density at radius 1 is 1.11 bits per heavy atom. The van der Waals surface area contributed by atoms with E-state index in [1.807, 2.05) is 62.6 Å². The highest BCUT2D eigenvalue weighted by Gasteiger charge is 2.33. The van der Waals surface area contributed by atoms with Crippen molar-refractivity contribution >= 4 is 32.6 Å². The maximum absolute atomic E-state index is 13.3. The topological polar surface area (TPSA) is 54.9 Å². The molecule has 6 nitrogen and oxygen atoms in total. The Morgan fingerprint density at radius 2 is 1.86 bits per heavy atom. The van der Waals surface area contributed by atoms with E-state index in [1.54, 1.807) is 4.90 Å². The van der Waals surface area contributed by atoms with Gasteiger partial charge in [0.25, 0.3) is 5.91 Å². The molecule has 7 heteroatoms. The van der Waals surface area contributed by atoms with Gasteiger partial charge in [0, 0.05) is 6.54 Å². The molecule has 0 spiro atoms. The zero-order chi connectivity index (χ0) is 19.5. The maximum atomic E-state index is 13.3. The fourth-order valence-electron chi connectivity index (χ4n) is 3.14. The summed E-state index contributed by atoms with van der Waals surface area (Å²) in [7, 11) is 4.05. The average molecular weight is 398 g/mol. The number of thiazole rings is 1. The van der Waals surface area contributed by atoms with Crippen LogP contribution in [0.1, 0.15) is 6.42 Å². The highest BCUT2D eigenvalue weighted by atomic mass is 32.1. The van der Waals surface area contributed by atoms with Crippen molar-refractivity contribution in [3.05, 3.63) is 48.5 Å². The summed E-state index contributed by atoms with van der Waals surface area (Å²) in [4.78, 5) is 21.9. The molecule has 2 aromatic carbocycles. The molecule has 146 valence electrons. The molecule has 1 amide bonds. The molecule has 28 heavy (non-hydrogen) atoms. The van der Waals surface area contributed by atoms with Crippen molar-refractivity contribution in [3.63, 3.8) is 0 Å². The van der Waals surface area contributed by atoms with Gasteiger partial charge in [0.05, 0.1) is 10.2 Å². The van der Waals surface area contributed by atoms with Gasteiger partial charge in [0.1, 0.15) is 6.61 Å². The average Bonchev–Trinajstić information content (AvgIpc) is 3.14. The van der Waals surface area contributed by atoms with Gasteiger partial charge in [-0.25, -0.2) is 4.98 Å². The Bertz CT molecular complexity index is 939. The summed E-state index contributed by atoms with van der Waals surface area (Å²) >= 11 is 1.53. The third-order valence-electron chi connectivity index (χ3n) is 4.55. The van der Waals surface area contributed by atoms with E-state index in [0.717, 1.165) is 23.2 Å². The van der Waals surface area contributed by atoms with Crippen LogP contribution in [-0.4, -0.2) is 55.7 Å². The summed E-state index contributed by atoms with van der Waals surface area (Å²) in [6.45, 7) is 1.67. The van der Waals surface area contributed by atoms with E-state index in [0.29, 0.717) is 23.2 Å². The number of fused-ring (bicyclic) bond motifs is 2. The van der Waals surface area contributed by atoms with Crippen molar-refractivity contribution in [2.45, 2.75) is 12.5 Å². The van der Waals surface area contributed by atoms with Crippen LogP contribution in [0, 0.1) is 0 Å². The van der Waals surface area contributed by atoms with Gasteiger partial charge >= 0.3 is 0 Å². The van der Waals surface area contributed by atoms with Crippen LogP contribution in [0.3, 0.4) is 0 Å². The Labute approximate surface area is 168 Å². The number of amides is 1. The normalized spacial score (nSPS) is 15.8. The zero-order valence-electron chi connectivity index (χ0n) is 16.0. The molecular weight excluding hydrogens is 374 g/mol. The molecule has 0 fully saturated rings. The number of anilines is 1. The zero-order valence-corrected chi connectivity index (χ0v) is 16.8. The van der Waals surface area contributed by atoms with Crippen molar-refractivity contribution in [1.29, 1.82) is 0 Å². The van der Waals surface area contributed by atoms with Crippen molar-refractivity contribution in [1.82, 2.24) is 9.88 Å². The van der Waals surface area contributed by atoms with E-state index in [-0.39, 0.29) is 12.5 Å². The van der Waals surface area contributed by atoms with E-state index in [4.69, 9.17) is 9.47 Å². The molecule has 0 saturated carbocycles. The van der Waals surface area contributed by atoms with Gasteiger partial charge in [0.15, 0.2) is 16.6 Å². The van der Waals surface area contributed by atoms with Crippen LogP contribution in [0.5, 0.6) is 11.5 Å². The molecule has 0 N–H and O–H groups in total. The molecule has 0 saturated heterocycles. The molecule has 1 aliphatic heterocycles. The summed E-state index contributed by atoms with van der Waals surface area (Å²) in [5.74, 6) is 1.16. The lowest BCUT2D eigenvalue weighted by Gasteiger charge is -2.29. The Balaban J connectivity index is 1.58. The van der Waals surface area contributed by atoms with E-state index in [1.165, 1.54) is 11.3 Å². The number of para-hydroxylation sites is 3. The highest BCUT2D eigenvalue weighted by Crippen LogP contribution is 2.33. The van der Waals surface area contributed by atoms with Gasteiger partial charge in [0.2, 0.25) is 6.10 Å². The van der Waals surface area contributed by atoms with Crippen molar-refractivity contribution in [2.24, 2.45) is 0 Å².